The van der Waals surface area contributed by atoms with Crippen LogP contribution < -0.4 is 0 Å². The lowest BCUT2D eigenvalue weighted by molar-refractivity contribution is 0.102. The second kappa shape index (κ2) is 6.41. The van der Waals surface area contributed by atoms with E-state index in [9.17, 15) is 13.2 Å². The summed E-state index contributed by atoms with van der Waals surface area (Å²) in [4.78, 5) is 12.7. The fourth-order valence-electron chi connectivity index (χ4n) is 2.45. The number of carbonyl (C=O) groups excluding carboxylic acids is 1. The fourth-order valence-corrected chi connectivity index (χ4v) is 3.24. The Labute approximate surface area is 139 Å². The summed E-state index contributed by atoms with van der Waals surface area (Å²) in [6, 6.07) is 17.9. The van der Waals surface area contributed by atoms with Crippen molar-refractivity contribution in [2.75, 3.05) is 6.26 Å². The molecule has 0 radical (unpaired) electrons. The summed E-state index contributed by atoms with van der Waals surface area (Å²) in [5.74, 6) is -0.361. The van der Waals surface area contributed by atoms with Crippen LogP contribution in [-0.4, -0.2) is 25.6 Å². The van der Waals surface area contributed by atoms with Crippen molar-refractivity contribution in [3.63, 3.8) is 0 Å². The molecule has 0 N–H and O–H groups in total. The first-order chi connectivity index (χ1) is 11.5. The third-order valence-corrected chi connectivity index (χ3v) is 4.56. The largest absolute Gasteiger partial charge is 0.344 e. The zero-order valence-corrected chi connectivity index (χ0v) is 13.8. The minimum absolute atomic E-state index is 0.0329. The van der Waals surface area contributed by atoms with Crippen LogP contribution in [0, 0.1) is 0 Å². The molecule has 0 fully saturated rings. The van der Waals surface area contributed by atoms with E-state index in [1.165, 1.54) is 0 Å². The molecule has 122 valence electrons. The second-order valence-corrected chi connectivity index (χ2v) is 7.34. The first-order valence-corrected chi connectivity index (χ1v) is 9.18. The van der Waals surface area contributed by atoms with Gasteiger partial charge in [0.2, 0.25) is 15.6 Å². The molecule has 0 unspecified atom stereocenters. The van der Waals surface area contributed by atoms with Crippen LogP contribution in [0.3, 0.4) is 0 Å². The molecule has 0 saturated carbocycles. The van der Waals surface area contributed by atoms with Crippen LogP contribution in [0.5, 0.6) is 0 Å². The standard InChI is InChI=1S/C18H15NO4S/c1-24(21,22)18-15(12-13-8-4-2-5-9-13)16(19-23-18)17(20)14-10-6-3-7-11-14/h2-11H,12H2,1H3. The summed E-state index contributed by atoms with van der Waals surface area (Å²) in [6.07, 6.45) is 1.29. The Morgan fingerprint density at radius 2 is 1.58 bits per heavy atom. The topological polar surface area (TPSA) is 77.2 Å². The van der Waals surface area contributed by atoms with Crippen molar-refractivity contribution in [1.82, 2.24) is 5.16 Å². The minimum Gasteiger partial charge on any atom is -0.344 e. The Balaban J connectivity index is 2.10. The Hall–Kier alpha value is -2.73. The lowest BCUT2D eigenvalue weighted by Gasteiger charge is -2.04. The van der Waals surface area contributed by atoms with E-state index in [0.29, 0.717) is 5.56 Å². The molecular formula is C18H15NO4S. The first kappa shape index (κ1) is 16.1. The highest BCUT2D eigenvalue weighted by Crippen LogP contribution is 2.25. The van der Waals surface area contributed by atoms with Gasteiger partial charge in [-0.05, 0) is 5.56 Å². The van der Waals surface area contributed by atoms with Crippen molar-refractivity contribution < 1.29 is 17.7 Å². The van der Waals surface area contributed by atoms with E-state index >= 15 is 0 Å². The number of carbonyl (C=O) groups is 1. The number of nitrogens with zero attached hydrogens (tertiary/aromatic N) is 1. The maximum atomic E-state index is 12.7. The van der Waals surface area contributed by atoms with Crippen LogP contribution in [0.4, 0.5) is 0 Å². The predicted octanol–water partition coefficient (Wildman–Crippen LogP) is 2.90. The second-order valence-electron chi connectivity index (χ2n) is 5.43. The van der Waals surface area contributed by atoms with Gasteiger partial charge in [-0.25, -0.2) is 8.42 Å². The molecule has 3 rings (SSSR count). The van der Waals surface area contributed by atoms with Crippen LogP contribution in [0.2, 0.25) is 0 Å². The molecule has 6 heteroatoms. The highest BCUT2D eigenvalue weighted by Gasteiger charge is 2.28. The molecule has 0 aliphatic rings. The van der Waals surface area contributed by atoms with E-state index in [2.05, 4.69) is 5.16 Å². The van der Waals surface area contributed by atoms with Crippen LogP contribution in [0.15, 0.2) is 70.3 Å². The number of ketones is 1. The molecule has 0 amide bonds. The van der Waals surface area contributed by atoms with Crippen molar-refractivity contribution in [1.29, 1.82) is 0 Å². The van der Waals surface area contributed by atoms with Crippen LogP contribution >= 0.6 is 0 Å². The summed E-state index contributed by atoms with van der Waals surface area (Å²) in [5, 5.41) is 3.49. The maximum absolute atomic E-state index is 12.7. The maximum Gasteiger partial charge on any atom is 0.254 e. The van der Waals surface area contributed by atoms with Gasteiger partial charge in [0.05, 0.1) is 0 Å². The predicted molar refractivity (Wildman–Crippen MR) is 88.7 cm³/mol. The molecule has 1 heterocycles. The molecule has 5 nitrogen and oxygen atoms in total. The van der Waals surface area contributed by atoms with Crippen LogP contribution in [0.25, 0.3) is 0 Å². The van der Waals surface area contributed by atoms with Crippen LogP contribution in [0.1, 0.15) is 27.2 Å². The van der Waals surface area contributed by atoms with Crippen molar-refractivity contribution in [2.24, 2.45) is 0 Å². The summed E-state index contributed by atoms with van der Waals surface area (Å²) in [6.45, 7) is 0. The average molecular weight is 341 g/mol. The van der Waals surface area contributed by atoms with Crippen molar-refractivity contribution in [3.05, 3.63) is 83.0 Å². The monoisotopic (exact) mass is 341 g/mol. The number of sulfone groups is 1. The molecule has 0 saturated heterocycles. The smallest absolute Gasteiger partial charge is 0.254 e. The van der Waals surface area contributed by atoms with Gasteiger partial charge in [0, 0.05) is 23.8 Å². The Morgan fingerprint density at radius 3 is 2.17 bits per heavy atom. The molecule has 2 aromatic carbocycles. The van der Waals surface area contributed by atoms with Gasteiger partial charge in [0.15, 0.2) is 5.69 Å². The van der Waals surface area contributed by atoms with Gasteiger partial charge in [-0.15, -0.1) is 0 Å². The fraction of sp³-hybridized carbons (Fsp3) is 0.111. The van der Waals surface area contributed by atoms with E-state index in [1.807, 2.05) is 30.3 Å². The van der Waals surface area contributed by atoms with E-state index in [4.69, 9.17) is 4.52 Å². The van der Waals surface area contributed by atoms with Crippen LogP contribution in [-0.2, 0) is 16.3 Å². The van der Waals surface area contributed by atoms with E-state index < -0.39 is 9.84 Å². The summed E-state index contributed by atoms with van der Waals surface area (Å²) >= 11 is 0. The number of benzene rings is 2. The third kappa shape index (κ3) is 3.28. The van der Waals surface area contributed by atoms with Crippen molar-refractivity contribution in [2.45, 2.75) is 11.5 Å². The molecule has 0 spiro atoms. The highest BCUT2D eigenvalue weighted by atomic mass is 32.2. The number of hydrogen-bond acceptors (Lipinski definition) is 5. The van der Waals surface area contributed by atoms with Gasteiger partial charge in [-0.2, -0.15) is 0 Å². The van der Waals surface area contributed by atoms with Gasteiger partial charge in [-0.1, -0.05) is 65.8 Å². The lowest BCUT2D eigenvalue weighted by atomic mass is 10.0. The number of aromatic nitrogens is 1. The van der Waals surface area contributed by atoms with Gasteiger partial charge in [-0.3, -0.25) is 4.79 Å². The quantitative estimate of drug-likeness (QED) is 0.667. The first-order valence-electron chi connectivity index (χ1n) is 7.29. The third-order valence-electron chi connectivity index (χ3n) is 3.56. The van der Waals surface area contributed by atoms with Gasteiger partial charge >= 0.3 is 0 Å². The summed E-state index contributed by atoms with van der Waals surface area (Å²) in [5.41, 5.74) is 1.62. The number of rotatable bonds is 5. The molecule has 0 aliphatic carbocycles. The molecule has 1 aromatic heterocycles. The normalized spacial score (nSPS) is 11.4. The van der Waals surface area contributed by atoms with Gasteiger partial charge in [0.25, 0.3) is 5.09 Å². The molecule has 24 heavy (non-hydrogen) atoms. The zero-order valence-electron chi connectivity index (χ0n) is 13.0. The Bertz CT molecular complexity index is 961. The SMILES string of the molecule is CS(=O)(=O)c1onc(C(=O)c2ccccc2)c1Cc1ccccc1. The minimum atomic E-state index is -3.63. The van der Waals surface area contributed by atoms with E-state index in [-0.39, 0.29) is 28.6 Å². The molecule has 0 bridgehead atoms. The highest BCUT2D eigenvalue weighted by molar-refractivity contribution is 7.90. The Kier molecular flexibility index (Phi) is 4.31. The van der Waals surface area contributed by atoms with Gasteiger partial charge in [0.1, 0.15) is 0 Å². The molecular weight excluding hydrogens is 326 g/mol. The molecule has 0 aliphatic heterocycles. The van der Waals surface area contributed by atoms with Crippen molar-refractivity contribution in [3.8, 4) is 0 Å². The van der Waals surface area contributed by atoms with E-state index in [0.717, 1.165) is 11.8 Å². The zero-order chi connectivity index (χ0) is 17.2. The van der Waals surface area contributed by atoms with Gasteiger partial charge < -0.3 is 4.52 Å². The lowest BCUT2D eigenvalue weighted by Crippen LogP contribution is -2.08. The number of hydrogen-bond donors (Lipinski definition) is 0. The average Bonchev–Trinajstić information content (AvgIpc) is 3.00. The summed E-state index contributed by atoms with van der Waals surface area (Å²) < 4.78 is 29.0. The summed E-state index contributed by atoms with van der Waals surface area (Å²) in [7, 11) is -3.63. The Morgan fingerprint density at radius 1 is 1.00 bits per heavy atom. The van der Waals surface area contributed by atoms with Crippen molar-refractivity contribution >= 4 is 15.6 Å². The van der Waals surface area contributed by atoms with E-state index in [1.54, 1.807) is 30.3 Å². The molecule has 0 atom stereocenters. The molecule has 3 aromatic rings.